The SMILES string of the molecule is CS(=O)(=O)NCCC(=O)N1CCN(C(=O)c2ccc(F)cc2)CC1. The monoisotopic (exact) mass is 357 g/mol. The molecule has 0 spiro atoms. The van der Waals surface area contributed by atoms with Gasteiger partial charge in [-0.15, -0.1) is 0 Å². The van der Waals surface area contributed by atoms with Gasteiger partial charge in [-0.05, 0) is 24.3 Å². The Morgan fingerprint density at radius 1 is 1.08 bits per heavy atom. The molecule has 0 unspecified atom stereocenters. The van der Waals surface area contributed by atoms with Crippen molar-refractivity contribution in [3.05, 3.63) is 35.6 Å². The van der Waals surface area contributed by atoms with E-state index >= 15 is 0 Å². The third-order valence-corrected chi connectivity index (χ3v) is 4.44. The summed E-state index contributed by atoms with van der Waals surface area (Å²) < 4.78 is 37.1. The fourth-order valence-corrected chi connectivity index (χ4v) is 2.91. The lowest BCUT2D eigenvalue weighted by Crippen LogP contribution is -2.51. The molecule has 0 aromatic heterocycles. The summed E-state index contributed by atoms with van der Waals surface area (Å²) in [4.78, 5) is 27.5. The number of rotatable bonds is 5. The van der Waals surface area contributed by atoms with Gasteiger partial charge in [-0.25, -0.2) is 17.5 Å². The first kappa shape index (κ1) is 18.3. The number of nitrogens with zero attached hydrogens (tertiary/aromatic N) is 2. The van der Waals surface area contributed by atoms with Gasteiger partial charge in [-0.2, -0.15) is 0 Å². The van der Waals surface area contributed by atoms with E-state index in [2.05, 4.69) is 4.72 Å². The number of sulfonamides is 1. The smallest absolute Gasteiger partial charge is 0.253 e. The van der Waals surface area contributed by atoms with Crippen LogP contribution >= 0.6 is 0 Å². The third kappa shape index (κ3) is 5.27. The minimum Gasteiger partial charge on any atom is -0.339 e. The average Bonchev–Trinajstić information content (AvgIpc) is 2.54. The molecular formula is C15H20FN3O4S. The number of carbonyl (C=O) groups is 2. The van der Waals surface area contributed by atoms with Gasteiger partial charge in [0.25, 0.3) is 5.91 Å². The molecule has 2 amide bonds. The Balaban J connectivity index is 1.81. The highest BCUT2D eigenvalue weighted by atomic mass is 32.2. The average molecular weight is 357 g/mol. The molecule has 0 bridgehead atoms. The molecule has 1 heterocycles. The molecule has 24 heavy (non-hydrogen) atoms. The van der Waals surface area contributed by atoms with E-state index in [1.165, 1.54) is 24.3 Å². The van der Waals surface area contributed by atoms with Gasteiger partial charge in [0.15, 0.2) is 0 Å². The number of nitrogens with one attached hydrogen (secondary N) is 1. The van der Waals surface area contributed by atoms with Gasteiger partial charge in [0.2, 0.25) is 15.9 Å². The van der Waals surface area contributed by atoms with Crippen molar-refractivity contribution in [1.29, 1.82) is 0 Å². The van der Waals surface area contributed by atoms with Crippen molar-refractivity contribution >= 4 is 21.8 Å². The van der Waals surface area contributed by atoms with Crippen LogP contribution in [0.4, 0.5) is 4.39 Å². The van der Waals surface area contributed by atoms with Crippen molar-refractivity contribution in [1.82, 2.24) is 14.5 Å². The van der Waals surface area contributed by atoms with Crippen LogP contribution < -0.4 is 4.72 Å². The van der Waals surface area contributed by atoms with Crippen molar-refractivity contribution in [2.24, 2.45) is 0 Å². The molecule has 132 valence electrons. The highest BCUT2D eigenvalue weighted by Gasteiger charge is 2.24. The van der Waals surface area contributed by atoms with Crippen LogP contribution in [-0.2, 0) is 14.8 Å². The maximum Gasteiger partial charge on any atom is 0.253 e. The standard InChI is InChI=1S/C15H20FN3O4S/c1-24(22,23)17-7-6-14(20)18-8-10-19(11-9-18)15(21)12-2-4-13(16)5-3-12/h2-5,17H,6-11H2,1H3. The van der Waals surface area contributed by atoms with Crippen LogP contribution in [0.2, 0.25) is 0 Å². The lowest BCUT2D eigenvalue weighted by atomic mass is 10.1. The van der Waals surface area contributed by atoms with E-state index in [4.69, 9.17) is 0 Å². The molecule has 1 saturated heterocycles. The largest absolute Gasteiger partial charge is 0.339 e. The summed E-state index contributed by atoms with van der Waals surface area (Å²) in [7, 11) is -3.30. The molecule has 1 N–H and O–H groups in total. The van der Waals surface area contributed by atoms with Crippen molar-refractivity contribution in [2.45, 2.75) is 6.42 Å². The predicted octanol–water partition coefficient (Wildman–Crippen LogP) is 0.0494. The van der Waals surface area contributed by atoms with Crippen LogP contribution in [0.15, 0.2) is 24.3 Å². The summed E-state index contributed by atoms with van der Waals surface area (Å²) in [6.45, 7) is 1.63. The Morgan fingerprint density at radius 2 is 1.62 bits per heavy atom. The van der Waals surface area contributed by atoms with Crippen LogP contribution in [0.25, 0.3) is 0 Å². The van der Waals surface area contributed by atoms with Gasteiger partial charge in [0.1, 0.15) is 5.82 Å². The summed E-state index contributed by atoms with van der Waals surface area (Å²) in [5.41, 5.74) is 0.411. The highest BCUT2D eigenvalue weighted by Crippen LogP contribution is 2.10. The molecular weight excluding hydrogens is 337 g/mol. The van der Waals surface area contributed by atoms with Crippen LogP contribution in [0.1, 0.15) is 16.8 Å². The maximum atomic E-state index is 12.9. The first-order valence-corrected chi connectivity index (χ1v) is 9.42. The minimum absolute atomic E-state index is 0.0619. The van der Waals surface area contributed by atoms with Gasteiger partial charge in [0, 0.05) is 44.7 Å². The molecule has 1 aliphatic heterocycles. The van der Waals surface area contributed by atoms with Crippen molar-refractivity contribution in [3.63, 3.8) is 0 Å². The van der Waals surface area contributed by atoms with Gasteiger partial charge in [-0.1, -0.05) is 0 Å². The van der Waals surface area contributed by atoms with Crippen LogP contribution in [0.5, 0.6) is 0 Å². The number of piperazine rings is 1. The normalized spacial score (nSPS) is 15.4. The minimum atomic E-state index is -3.30. The zero-order valence-electron chi connectivity index (χ0n) is 13.4. The first-order chi connectivity index (χ1) is 11.3. The molecule has 0 aliphatic carbocycles. The number of halogens is 1. The molecule has 1 aromatic rings. The zero-order chi connectivity index (χ0) is 17.7. The predicted molar refractivity (Wildman–Crippen MR) is 86.3 cm³/mol. The van der Waals surface area contributed by atoms with E-state index in [0.717, 1.165) is 6.26 Å². The second-order valence-corrected chi connectivity index (χ2v) is 7.43. The van der Waals surface area contributed by atoms with Crippen molar-refractivity contribution < 1.29 is 22.4 Å². The Kier molecular flexibility index (Phi) is 5.89. The Labute approximate surface area is 140 Å². The van der Waals surface area contributed by atoms with E-state index in [1.807, 2.05) is 0 Å². The van der Waals surface area contributed by atoms with Gasteiger partial charge in [-0.3, -0.25) is 9.59 Å². The summed E-state index contributed by atoms with van der Waals surface area (Å²) in [6.07, 6.45) is 1.12. The Bertz CT molecular complexity index is 698. The lowest BCUT2D eigenvalue weighted by molar-refractivity contribution is -0.132. The fraction of sp³-hybridized carbons (Fsp3) is 0.467. The third-order valence-electron chi connectivity index (χ3n) is 3.71. The van der Waals surface area contributed by atoms with Crippen molar-refractivity contribution in [2.75, 3.05) is 39.0 Å². The van der Waals surface area contributed by atoms with Gasteiger partial charge in [0.05, 0.1) is 6.26 Å². The second kappa shape index (κ2) is 7.71. The molecule has 0 saturated carbocycles. The number of carbonyl (C=O) groups excluding carboxylic acids is 2. The summed E-state index contributed by atoms with van der Waals surface area (Å²) >= 11 is 0. The molecule has 2 rings (SSSR count). The summed E-state index contributed by atoms with van der Waals surface area (Å²) in [5, 5.41) is 0. The Morgan fingerprint density at radius 3 is 2.17 bits per heavy atom. The lowest BCUT2D eigenvalue weighted by Gasteiger charge is -2.35. The molecule has 9 heteroatoms. The van der Waals surface area contributed by atoms with Crippen molar-refractivity contribution in [3.8, 4) is 0 Å². The number of benzene rings is 1. The molecule has 0 radical (unpaired) electrons. The van der Waals surface area contributed by atoms with Crippen LogP contribution in [0.3, 0.4) is 0 Å². The van der Waals surface area contributed by atoms with E-state index in [9.17, 15) is 22.4 Å². The maximum absolute atomic E-state index is 12.9. The topological polar surface area (TPSA) is 86.8 Å². The summed E-state index contributed by atoms with van der Waals surface area (Å²) in [5.74, 6) is -0.745. The van der Waals surface area contributed by atoms with Crippen LogP contribution in [-0.4, -0.2) is 69.0 Å². The molecule has 1 aliphatic rings. The number of amides is 2. The summed E-state index contributed by atoms with van der Waals surface area (Å²) in [6, 6.07) is 5.35. The fourth-order valence-electron chi connectivity index (χ4n) is 2.44. The number of hydrogen-bond donors (Lipinski definition) is 1. The quantitative estimate of drug-likeness (QED) is 0.807. The highest BCUT2D eigenvalue weighted by molar-refractivity contribution is 7.88. The van der Waals surface area contributed by atoms with E-state index in [-0.39, 0.29) is 24.8 Å². The van der Waals surface area contributed by atoms with E-state index in [0.29, 0.717) is 31.7 Å². The Hall–Kier alpha value is -2.00. The zero-order valence-corrected chi connectivity index (χ0v) is 14.2. The van der Waals surface area contributed by atoms with Gasteiger partial charge >= 0.3 is 0 Å². The van der Waals surface area contributed by atoms with Crippen LogP contribution in [0, 0.1) is 5.82 Å². The van der Waals surface area contributed by atoms with E-state index in [1.54, 1.807) is 9.80 Å². The second-order valence-electron chi connectivity index (χ2n) is 5.60. The first-order valence-electron chi connectivity index (χ1n) is 7.53. The molecule has 1 fully saturated rings. The molecule has 0 atom stereocenters. The van der Waals surface area contributed by atoms with Gasteiger partial charge < -0.3 is 9.80 Å². The number of hydrogen-bond acceptors (Lipinski definition) is 4. The molecule has 7 nitrogen and oxygen atoms in total. The molecule has 1 aromatic carbocycles. The van der Waals surface area contributed by atoms with E-state index < -0.39 is 15.8 Å².